The van der Waals surface area contributed by atoms with Gasteiger partial charge in [-0.05, 0) is 43.0 Å². The lowest BCUT2D eigenvalue weighted by Gasteiger charge is -2.53. The van der Waals surface area contributed by atoms with Gasteiger partial charge in [0.1, 0.15) is 6.10 Å². The van der Waals surface area contributed by atoms with Gasteiger partial charge in [-0.15, -0.1) is 0 Å². The number of hydrogen-bond donors (Lipinski definition) is 3. The first-order valence-corrected chi connectivity index (χ1v) is 9.27. The first kappa shape index (κ1) is 16.4. The fourth-order valence-electron chi connectivity index (χ4n) is 4.75. The van der Waals surface area contributed by atoms with Gasteiger partial charge in [0.2, 0.25) is 5.91 Å². The van der Waals surface area contributed by atoms with E-state index in [1.54, 1.807) is 24.4 Å². The minimum Gasteiger partial charge on any atom is -0.454 e. The molecule has 0 spiro atoms. The van der Waals surface area contributed by atoms with Crippen molar-refractivity contribution in [2.24, 2.45) is 11.7 Å². The summed E-state index contributed by atoms with van der Waals surface area (Å²) in [5.74, 6) is -0.623. The molecule has 7 nitrogen and oxygen atoms in total. The first-order valence-electron chi connectivity index (χ1n) is 9.27. The van der Waals surface area contributed by atoms with Gasteiger partial charge in [-0.3, -0.25) is 4.79 Å². The van der Waals surface area contributed by atoms with E-state index in [2.05, 4.69) is 9.88 Å². The number of fused-ring (bicyclic) bond motifs is 2. The second kappa shape index (κ2) is 5.85. The number of esters is 1. The van der Waals surface area contributed by atoms with Crippen LogP contribution in [-0.4, -0.2) is 51.7 Å². The van der Waals surface area contributed by atoms with Gasteiger partial charge in [-0.2, -0.15) is 0 Å². The molecule has 4 aliphatic rings. The van der Waals surface area contributed by atoms with Crippen molar-refractivity contribution in [1.82, 2.24) is 9.88 Å². The summed E-state index contributed by atoms with van der Waals surface area (Å²) in [5, 5.41) is 10.7. The Morgan fingerprint density at radius 3 is 2.89 bits per heavy atom. The molecule has 2 aromatic rings. The Hall–Kier alpha value is -2.80. The summed E-state index contributed by atoms with van der Waals surface area (Å²) in [7, 11) is 0. The Labute approximate surface area is 155 Å². The number of amides is 1. The van der Waals surface area contributed by atoms with Crippen molar-refractivity contribution in [3.05, 3.63) is 47.3 Å². The Bertz CT molecular complexity index is 979. The summed E-state index contributed by atoms with van der Waals surface area (Å²) < 4.78 is 5.77. The first-order chi connectivity index (χ1) is 13.0. The van der Waals surface area contributed by atoms with Gasteiger partial charge in [0, 0.05) is 47.4 Å². The van der Waals surface area contributed by atoms with Gasteiger partial charge in [-0.1, -0.05) is 0 Å². The largest absolute Gasteiger partial charge is 0.454 e. The molecule has 4 atom stereocenters. The molecule has 4 N–H and O–H groups in total. The highest BCUT2D eigenvalue weighted by Crippen LogP contribution is 2.43. The van der Waals surface area contributed by atoms with Crippen LogP contribution in [0.4, 0.5) is 0 Å². The van der Waals surface area contributed by atoms with E-state index < -0.39 is 11.9 Å². The molecule has 27 heavy (non-hydrogen) atoms. The van der Waals surface area contributed by atoms with Gasteiger partial charge < -0.3 is 25.5 Å². The van der Waals surface area contributed by atoms with Crippen LogP contribution in [0.15, 0.2) is 36.2 Å². The summed E-state index contributed by atoms with van der Waals surface area (Å²) in [6.45, 7) is 0.681. The lowest BCUT2D eigenvalue weighted by molar-refractivity contribution is -0.0511. The second-order valence-corrected chi connectivity index (χ2v) is 7.74. The molecule has 0 aliphatic carbocycles. The molecule has 4 aliphatic heterocycles. The molecule has 7 heteroatoms. The zero-order valence-corrected chi connectivity index (χ0v) is 14.7. The number of nitrogens with two attached hydrogens (primary N) is 1. The second-order valence-electron chi connectivity index (χ2n) is 7.74. The number of benzene rings is 1. The molecule has 0 radical (unpaired) electrons. The van der Waals surface area contributed by atoms with Crippen molar-refractivity contribution in [3.8, 4) is 0 Å². The number of primary amides is 1. The predicted octanol–water partition coefficient (Wildman–Crippen LogP) is 1.53. The molecule has 3 fully saturated rings. The van der Waals surface area contributed by atoms with Crippen LogP contribution in [-0.2, 0) is 4.74 Å². The number of aliphatic hydroxyl groups excluding tert-OH is 1. The fraction of sp³-hybridized carbons (Fsp3) is 0.400. The number of piperidine rings is 3. The van der Waals surface area contributed by atoms with E-state index in [0.29, 0.717) is 35.0 Å². The zero-order valence-electron chi connectivity index (χ0n) is 14.7. The number of rotatable bonds is 3. The highest BCUT2D eigenvalue weighted by atomic mass is 16.5. The van der Waals surface area contributed by atoms with E-state index >= 15 is 0 Å². The smallest absolute Gasteiger partial charge is 0.340 e. The van der Waals surface area contributed by atoms with E-state index in [0.717, 1.165) is 24.8 Å². The van der Waals surface area contributed by atoms with E-state index in [1.165, 1.54) is 5.70 Å². The molecule has 140 valence electrons. The van der Waals surface area contributed by atoms with Crippen LogP contribution in [0.1, 0.15) is 40.0 Å². The van der Waals surface area contributed by atoms with Gasteiger partial charge in [0.05, 0.1) is 11.7 Å². The van der Waals surface area contributed by atoms with Crippen LogP contribution in [0.2, 0.25) is 0 Å². The summed E-state index contributed by atoms with van der Waals surface area (Å²) >= 11 is 0. The van der Waals surface area contributed by atoms with Crippen LogP contribution in [0.3, 0.4) is 0 Å². The van der Waals surface area contributed by atoms with E-state index in [9.17, 15) is 14.7 Å². The number of carbonyl (C=O) groups excluding carboxylic acids is 2. The third-order valence-corrected chi connectivity index (χ3v) is 6.11. The van der Waals surface area contributed by atoms with Crippen molar-refractivity contribution < 1.29 is 19.4 Å². The van der Waals surface area contributed by atoms with Crippen molar-refractivity contribution in [2.45, 2.75) is 37.5 Å². The molecule has 1 aromatic carbocycles. The maximum Gasteiger partial charge on any atom is 0.340 e. The molecule has 1 aromatic heterocycles. The molecule has 0 saturated carbocycles. The average molecular weight is 367 g/mol. The van der Waals surface area contributed by atoms with Crippen molar-refractivity contribution in [2.75, 3.05) is 6.54 Å². The number of aromatic nitrogens is 1. The number of H-pyrrole nitrogens is 1. The number of aliphatic hydroxyl groups is 1. The Balaban J connectivity index is 1.39. The van der Waals surface area contributed by atoms with Crippen molar-refractivity contribution >= 4 is 22.8 Å². The third-order valence-electron chi connectivity index (χ3n) is 6.11. The molecule has 5 heterocycles. The van der Waals surface area contributed by atoms with E-state index in [-0.39, 0.29) is 12.2 Å². The number of nitrogens with one attached hydrogen (secondary N) is 1. The summed E-state index contributed by atoms with van der Waals surface area (Å²) in [6, 6.07) is 5.30. The van der Waals surface area contributed by atoms with E-state index in [1.807, 2.05) is 6.08 Å². The normalized spacial score (nSPS) is 28.9. The van der Waals surface area contributed by atoms with Gasteiger partial charge in [-0.25, -0.2) is 4.79 Å². The van der Waals surface area contributed by atoms with Crippen LogP contribution in [0.5, 0.6) is 0 Å². The molecule has 4 unspecified atom stereocenters. The maximum absolute atomic E-state index is 12.8. The number of ether oxygens (including phenoxy) is 1. The van der Waals surface area contributed by atoms with Gasteiger partial charge in [0.15, 0.2) is 0 Å². The van der Waals surface area contributed by atoms with Crippen LogP contribution < -0.4 is 5.73 Å². The van der Waals surface area contributed by atoms with Crippen molar-refractivity contribution in [1.29, 1.82) is 0 Å². The third kappa shape index (κ3) is 2.61. The van der Waals surface area contributed by atoms with Gasteiger partial charge in [0.25, 0.3) is 0 Å². The van der Waals surface area contributed by atoms with Crippen LogP contribution in [0.25, 0.3) is 10.9 Å². The lowest BCUT2D eigenvalue weighted by Crippen LogP contribution is -2.57. The minimum atomic E-state index is -0.534. The molecular formula is C20H21N3O4. The number of carbonyl (C=O) groups is 2. The van der Waals surface area contributed by atoms with Crippen LogP contribution in [0, 0.1) is 5.92 Å². The zero-order chi connectivity index (χ0) is 18.7. The lowest BCUT2D eigenvalue weighted by atomic mass is 9.75. The van der Waals surface area contributed by atoms with Crippen LogP contribution >= 0.6 is 0 Å². The standard InChI is InChI=1S/C20H21N3O4/c21-19(25)10-1-2-17-15(5-10)16(8-22-17)20(26)27-14-6-12-3-11-4-13(7-14)23(12)9-18(11)24/h1-2,5-6,8,11,13-14,18,22,24H,3-4,7,9H2,(H2,21,25). The number of allylic oxidation sites excluding steroid dienone is 1. The quantitative estimate of drug-likeness (QED) is 0.713. The number of nitrogens with zero attached hydrogens (tertiary/aromatic N) is 1. The molecule has 4 bridgehead atoms. The average Bonchev–Trinajstić information content (AvgIpc) is 3.05. The monoisotopic (exact) mass is 367 g/mol. The SMILES string of the molecule is NC(=O)c1ccc2[nH]cc(C(=O)OC3C=C4CC5CC(C3)N4CC5O)c2c1. The Morgan fingerprint density at radius 2 is 2.15 bits per heavy atom. The predicted molar refractivity (Wildman–Crippen MR) is 97.9 cm³/mol. The topological polar surface area (TPSA) is 109 Å². The number of hydrogen-bond acceptors (Lipinski definition) is 5. The summed E-state index contributed by atoms with van der Waals surface area (Å²) in [5.41, 5.74) is 8.04. The minimum absolute atomic E-state index is 0.247. The van der Waals surface area contributed by atoms with Gasteiger partial charge >= 0.3 is 5.97 Å². The highest BCUT2D eigenvalue weighted by molar-refractivity contribution is 6.06. The fourth-order valence-corrected chi connectivity index (χ4v) is 4.75. The van der Waals surface area contributed by atoms with Crippen molar-refractivity contribution in [3.63, 3.8) is 0 Å². The molecule has 1 amide bonds. The Kier molecular flexibility index (Phi) is 3.55. The van der Waals surface area contributed by atoms with E-state index in [4.69, 9.17) is 10.5 Å². The molecule has 6 rings (SSSR count). The molecular weight excluding hydrogens is 346 g/mol. The highest BCUT2D eigenvalue weighted by Gasteiger charge is 2.45. The number of aromatic amines is 1. The summed E-state index contributed by atoms with van der Waals surface area (Å²) in [4.78, 5) is 29.5. The molecule has 3 saturated heterocycles. The Morgan fingerprint density at radius 1 is 1.30 bits per heavy atom. The summed E-state index contributed by atoms with van der Waals surface area (Å²) in [6.07, 6.45) is 5.65. The maximum atomic E-state index is 12.8.